The Morgan fingerprint density at radius 2 is 1.66 bits per heavy atom. The van der Waals surface area contributed by atoms with Crippen LogP contribution in [-0.4, -0.2) is 38.9 Å². The second-order valence-electron chi connectivity index (χ2n) is 10.9. The topological polar surface area (TPSA) is 130 Å². The number of phenols is 1. The van der Waals surface area contributed by atoms with Crippen molar-refractivity contribution in [3.05, 3.63) is 130 Å². The van der Waals surface area contributed by atoms with Gasteiger partial charge in [-0.1, -0.05) is 48.5 Å². The summed E-state index contributed by atoms with van der Waals surface area (Å²) in [5.74, 6) is 1.52. The van der Waals surface area contributed by atoms with Crippen molar-refractivity contribution in [1.82, 2.24) is 19.6 Å². The minimum atomic E-state index is -0.732. The first-order valence-electron chi connectivity index (χ1n) is 14.7. The van der Waals surface area contributed by atoms with Gasteiger partial charge in [-0.3, -0.25) is 0 Å². The Morgan fingerprint density at radius 1 is 0.872 bits per heavy atom. The molecule has 3 aromatic heterocycles. The molecule has 0 bridgehead atoms. The first-order chi connectivity index (χ1) is 23.0. The van der Waals surface area contributed by atoms with Crippen LogP contribution in [0.4, 0.5) is 0 Å². The van der Waals surface area contributed by atoms with E-state index < -0.39 is 11.5 Å². The van der Waals surface area contributed by atoms with E-state index in [-0.39, 0.29) is 17.2 Å². The summed E-state index contributed by atoms with van der Waals surface area (Å²) in [5.41, 5.74) is 3.32. The summed E-state index contributed by atoms with van der Waals surface area (Å²) in [6.07, 6.45) is 1.50. The zero-order chi connectivity index (χ0) is 32.1. The maximum atomic E-state index is 13.8. The third kappa shape index (κ3) is 4.76. The number of aromatic hydroxyl groups is 1. The lowest BCUT2D eigenvalue weighted by Crippen LogP contribution is -2.22. The fourth-order valence-electron chi connectivity index (χ4n) is 5.93. The molecule has 1 N–H and O–H groups in total. The minimum Gasteiger partial charge on any atom is -0.504 e. The van der Waals surface area contributed by atoms with Crippen molar-refractivity contribution in [1.29, 1.82) is 0 Å². The van der Waals surface area contributed by atoms with Crippen molar-refractivity contribution in [3.8, 4) is 46.0 Å². The first-order valence-corrected chi connectivity index (χ1v) is 14.7. The van der Waals surface area contributed by atoms with Crippen molar-refractivity contribution >= 4 is 16.6 Å². The van der Waals surface area contributed by atoms with Crippen LogP contribution in [0.3, 0.4) is 0 Å². The number of fused-ring (bicyclic) bond motifs is 6. The third-order valence-electron chi connectivity index (χ3n) is 8.16. The molecule has 1 unspecified atom stereocenters. The molecule has 0 saturated heterocycles. The fourth-order valence-corrected chi connectivity index (χ4v) is 5.93. The summed E-state index contributed by atoms with van der Waals surface area (Å²) >= 11 is 0. The molecule has 0 radical (unpaired) electrons. The number of ether oxygens (including phenoxy) is 4. The molecule has 1 atom stereocenters. The van der Waals surface area contributed by atoms with Gasteiger partial charge < -0.3 is 28.5 Å². The molecular formula is C36H26N4O7. The van der Waals surface area contributed by atoms with E-state index in [4.69, 9.17) is 28.3 Å². The van der Waals surface area contributed by atoms with Crippen LogP contribution < -0.4 is 24.6 Å². The third-order valence-corrected chi connectivity index (χ3v) is 8.16. The number of aromatic nitrogens is 4. The zero-order valence-corrected chi connectivity index (χ0v) is 25.2. The van der Waals surface area contributed by atoms with E-state index in [2.05, 4.69) is 10.1 Å². The van der Waals surface area contributed by atoms with Gasteiger partial charge in [0.2, 0.25) is 5.88 Å². The molecule has 11 nitrogen and oxygen atoms in total. The molecule has 8 rings (SSSR count). The zero-order valence-electron chi connectivity index (χ0n) is 25.2. The average Bonchev–Trinajstić information content (AvgIpc) is 3.55. The van der Waals surface area contributed by atoms with Crippen molar-refractivity contribution < 1.29 is 28.5 Å². The first kappa shape index (κ1) is 28.1. The number of para-hydroxylation sites is 1. The quantitative estimate of drug-likeness (QED) is 0.196. The van der Waals surface area contributed by atoms with Crippen LogP contribution in [-0.2, 0) is 6.61 Å². The van der Waals surface area contributed by atoms with Gasteiger partial charge in [0.25, 0.3) is 0 Å². The lowest BCUT2D eigenvalue weighted by atomic mass is 9.84. The van der Waals surface area contributed by atoms with Gasteiger partial charge in [-0.15, -0.1) is 5.10 Å². The van der Waals surface area contributed by atoms with Crippen LogP contribution in [0.5, 0.6) is 34.6 Å². The van der Waals surface area contributed by atoms with Gasteiger partial charge in [-0.2, -0.15) is 0 Å². The van der Waals surface area contributed by atoms with Crippen LogP contribution in [0.25, 0.3) is 28.0 Å². The van der Waals surface area contributed by atoms with Crippen LogP contribution in [0, 0.1) is 0 Å². The highest BCUT2D eigenvalue weighted by Crippen LogP contribution is 2.50. The molecule has 0 aliphatic carbocycles. The lowest BCUT2D eigenvalue weighted by molar-refractivity contribution is 0.284. The van der Waals surface area contributed by atoms with E-state index in [9.17, 15) is 9.90 Å². The molecule has 4 heterocycles. The molecule has 0 spiro atoms. The van der Waals surface area contributed by atoms with Gasteiger partial charge in [0.15, 0.2) is 40.2 Å². The van der Waals surface area contributed by atoms with E-state index in [0.717, 1.165) is 5.56 Å². The summed E-state index contributed by atoms with van der Waals surface area (Å²) in [5, 5.41) is 15.7. The van der Waals surface area contributed by atoms with E-state index in [0.29, 0.717) is 68.7 Å². The number of nitrogens with zero attached hydrogens (tertiary/aromatic N) is 4. The highest BCUT2D eigenvalue weighted by molar-refractivity contribution is 5.87. The fraction of sp³-hybridized carbons (Fsp3) is 0.111. The summed E-state index contributed by atoms with van der Waals surface area (Å²) in [6.45, 7) is 0.350. The minimum absolute atomic E-state index is 0.0506. The molecule has 4 aromatic carbocycles. The highest BCUT2D eigenvalue weighted by Gasteiger charge is 2.38. The largest absolute Gasteiger partial charge is 0.504 e. The Balaban J connectivity index is 1.31. The van der Waals surface area contributed by atoms with Gasteiger partial charge in [0.1, 0.15) is 18.5 Å². The number of methoxy groups -OCH3 is 2. The summed E-state index contributed by atoms with van der Waals surface area (Å²) in [4.78, 5) is 23.3. The second kappa shape index (κ2) is 11.2. The molecule has 7 aromatic rings. The van der Waals surface area contributed by atoms with Crippen LogP contribution in [0.1, 0.15) is 28.2 Å². The van der Waals surface area contributed by atoms with Crippen molar-refractivity contribution in [2.75, 3.05) is 14.2 Å². The molecule has 1 aliphatic heterocycles. The summed E-state index contributed by atoms with van der Waals surface area (Å²) in [6, 6.07) is 27.5. The second-order valence-corrected chi connectivity index (χ2v) is 10.9. The van der Waals surface area contributed by atoms with Crippen LogP contribution >= 0.6 is 0 Å². The van der Waals surface area contributed by atoms with Crippen molar-refractivity contribution in [3.63, 3.8) is 0 Å². The Bertz CT molecular complexity index is 2370. The van der Waals surface area contributed by atoms with E-state index in [1.54, 1.807) is 31.4 Å². The number of phenolic OH excluding ortho intramolecular Hbond substituents is 1. The molecule has 1 aliphatic rings. The molecular weight excluding hydrogens is 600 g/mol. The number of benzene rings is 4. The van der Waals surface area contributed by atoms with Gasteiger partial charge >= 0.3 is 5.63 Å². The Morgan fingerprint density at radius 3 is 2.47 bits per heavy atom. The normalized spacial score (nSPS) is 13.5. The summed E-state index contributed by atoms with van der Waals surface area (Å²) < 4.78 is 30.8. The number of hydrogen-bond donors (Lipinski definition) is 1. The average molecular weight is 627 g/mol. The highest BCUT2D eigenvalue weighted by atomic mass is 16.5. The number of hydrogen-bond acceptors (Lipinski definition) is 10. The predicted octanol–water partition coefficient (Wildman–Crippen LogP) is 6.49. The maximum absolute atomic E-state index is 13.8. The van der Waals surface area contributed by atoms with Crippen molar-refractivity contribution in [2.24, 2.45) is 0 Å². The molecule has 47 heavy (non-hydrogen) atoms. The molecule has 0 saturated carbocycles. The lowest BCUT2D eigenvalue weighted by Gasteiger charge is -2.27. The smallest absolute Gasteiger partial charge is 0.344 e. The van der Waals surface area contributed by atoms with Gasteiger partial charge in [-0.05, 0) is 53.6 Å². The Labute approximate surface area is 267 Å². The van der Waals surface area contributed by atoms with E-state index >= 15 is 0 Å². The molecule has 11 heteroatoms. The monoisotopic (exact) mass is 626 g/mol. The van der Waals surface area contributed by atoms with Crippen LogP contribution in [0.2, 0.25) is 0 Å². The van der Waals surface area contributed by atoms with Crippen LogP contribution in [0.15, 0.2) is 107 Å². The maximum Gasteiger partial charge on any atom is 0.344 e. The number of rotatable bonds is 7. The Kier molecular flexibility index (Phi) is 6.71. The molecule has 232 valence electrons. The molecule has 0 amide bonds. The SMILES string of the molecule is COc1ccc(-c2nc3c4c(ncn3n2)Oc2c(c(=O)oc3ccccc23)C4c2ccc(OCc3ccccc3)c(OC)c2)cc1O. The van der Waals surface area contributed by atoms with E-state index in [1.807, 2.05) is 60.7 Å². The predicted molar refractivity (Wildman–Crippen MR) is 172 cm³/mol. The van der Waals surface area contributed by atoms with Gasteiger partial charge in [0, 0.05) is 5.56 Å². The van der Waals surface area contributed by atoms with Gasteiger partial charge in [0.05, 0.1) is 36.7 Å². The van der Waals surface area contributed by atoms with Gasteiger partial charge in [-0.25, -0.2) is 19.3 Å². The standard InChI is InChI=1S/C36H26N4O7/c1-43-26-14-13-22(16-24(26)41)33-38-34-31-29(21-12-15-27(28(17-21)44-2)45-18-20-8-4-3-5-9-20)30-32(47-35(31)37-19-40(34)39-33)23-10-6-7-11-25(23)46-36(30)42/h3-17,19,29,41H,18H2,1-2H3. The van der Waals surface area contributed by atoms with Crippen molar-refractivity contribution in [2.45, 2.75) is 12.5 Å². The Hall–Kier alpha value is -6.36. The van der Waals surface area contributed by atoms with E-state index in [1.165, 1.54) is 24.0 Å². The summed E-state index contributed by atoms with van der Waals surface area (Å²) in [7, 11) is 3.04. The molecule has 0 fully saturated rings.